The Hall–Kier alpha value is -1.04. The lowest BCUT2D eigenvalue weighted by Gasteiger charge is -2.18. The minimum Gasteiger partial charge on any atom is -0.237 e. The lowest BCUT2D eigenvalue weighted by molar-refractivity contribution is -0.241. The van der Waals surface area contributed by atoms with Crippen LogP contribution in [0.15, 0.2) is 0 Å². The molecule has 3 nitrogen and oxygen atoms in total. The van der Waals surface area contributed by atoms with Crippen molar-refractivity contribution in [2.24, 2.45) is 0 Å². The van der Waals surface area contributed by atoms with Gasteiger partial charge in [-0.1, -0.05) is 5.92 Å². The van der Waals surface area contributed by atoms with E-state index in [0.717, 1.165) is 11.6 Å². The van der Waals surface area contributed by atoms with Crippen LogP contribution in [-0.4, -0.2) is 19.8 Å². The number of halogens is 5. The molecule has 0 bridgehead atoms. The molecule has 0 heterocycles. The molecule has 0 aromatic heterocycles. The van der Waals surface area contributed by atoms with E-state index in [1.165, 1.54) is 6.04 Å². The molecule has 0 aromatic carbocycles. The summed E-state index contributed by atoms with van der Waals surface area (Å²) in [5.74, 6) is 1.81. The Balaban J connectivity index is 5.16. The molecule has 0 atom stereocenters. The van der Waals surface area contributed by atoms with E-state index < -0.39 is 21.5 Å². The molecule has 82 valence electrons. The second-order valence-corrected chi connectivity index (χ2v) is 3.72. The summed E-state index contributed by atoms with van der Waals surface area (Å²) in [6, 6.07) is 1.40. The smallest absolute Gasteiger partial charge is 0.237 e. The molecule has 0 aliphatic rings. The fraction of sp³-hybridized carbons (Fsp3) is 0.600. The fourth-order valence-corrected chi connectivity index (χ4v) is 1.00. The standard InChI is InChI=1S/C5H4F5NO2S/c1-2-3-11-14(12,13)5(9,10)4(6,7)8/h11H,1H3. The van der Waals surface area contributed by atoms with Crippen LogP contribution in [0.25, 0.3) is 0 Å². The van der Waals surface area contributed by atoms with Crippen molar-refractivity contribution in [1.29, 1.82) is 0 Å². The number of hydrogen-bond acceptors (Lipinski definition) is 2. The molecule has 0 aliphatic heterocycles. The topological polar surface area (TPSA) is 46.2 Å². The highest BCUT2D eigenvalue weighted by atomic mass is 32.2. The minimum absolute atomic E-state index is 0.797. The number of sulfonamides is 1. The van der Waals surface area contributed by atoms with Crippen LogP contribution >= 0.6 is 0 Å². The number of hydrogen-bond donors (Lipinski definition) is 1. The van der Waals surface area contributed by atoms with E-state index in [1.54, 1.807) is 5.92 Å². The van der Waals surface area contributed by atoms with Gasteiger partial charge in [0.1, 0.15) is 0 Å². The zero-order valence-electron chi connectivity index (χ0n) is 6.61. The molecule has 0 saturated carbocycles. The van der Waals surface area contributed by atoms with Crippen molar-refractivity contribution in [3.05, 3.63) is 0 Å². The molecule has 9 heteroatoms. The second-order valence-electron chi connectivity index (χ2n) is 2.00. The molecular weight excluding hydrogens is 233 g/mol. The van der Waals surface area contributed by atoms with Crippen LogP contribution in [0.4, 0.5) is 22.0 Å². The Labute approximate surface area is 76.3 Å². The van der Waals surface area contributed by atoms with Crippen LogP contribution in [0.2, 0.25) is 0 Å². The Morgan fingerprint density at radius 1 is 1.14 bits per heavy atom. The maximum absolute atomic E-state index is 12.2. The zero-order valence-corrected chi connectivity index (χ0v) is 7.43. The van der Waals surface area contributed by atoms with Crippen LogP contribution in [0.3, 0.4) is 0 Å². The average Bonchev–Trinajstić information content (AvgIpc) is 1.98. The van der Waals surface area contributed by atoms with E-state index in [0.29, 0.717) is 0 Å². The molecule has 0 saturated heterocycles. The van der Waals surface area contributed by atoms with Crippen molar-refractivity contribution in [1.82, 2.24) is 4.72 Å². The molecule has 0 aromatic rings. The quantitative estimate of drug-likeness (QED) is 0.443. The molecule has 0 amide bonds. The van der Waals surface area contributed by atoms with Crippen LogP contribution in [0.5, 0.6) is 0 Å². The van der Waals surface area contributed by atoms with Gasteiger partial charge in [0.25, 0.3) is 0 Å². The highest BCUT2D eigenvalue weighted by Crippen LogP contribution is 2.38. The Morgan fingerprint density at radius 2 is 1.57 bits per heavy atom. The predicted molar refractivity (Wildman–Crippen MR) is 36.5 cm³/mol. The van der Waals surface area contributed by atoms with Gasteiger partial charge in [0.15, 0.2) is 0 Å². The predicted octanol–water partition coefficient (Wildman–Crippen LogP) is 1.04. The normalized spacial score (nSPS) is 13.0. The van der Waals surface area contributed by atoms with E-state index in [4.69, 9.17) is 0 Å². The van der Waals surface area contributed by atoms with Gasteiger partial charge < -0.3 is 0 Å². The molecule has 0 unspecified atom stereocenters. The number of nitrogens with one attached hydrogen (secondary N) is 1. The SMILES string of the molecule is CC#CNS(=O)(=O)C(F)(F)C(F)(F)F. The van der Waals surface area contributed by atoms with Gasteiger partial charge in [-0.2, -0.15) is 30.4 Å². The lowest BCUT2D eigenvalue weighted by atomic mass is 10.7. The largest absolute Gasteiger partial charge is 0.471 e. The first-order valence-corrected chi connectivity index (χ1v) is 4.42. The second kappa shape index (κ2) is 3.61. The summed E-state index contributed by atoms with van der Waals surface area (Å²) >= 11 is 0. The summed E-state index contributed by atoms with van der Waals surface area (Å²) < 4.78 is 80.5. The van der Waals surface area contributed by atoms with Crippen LogP contribution in [0, 0.1) is 12.0 Å². The van der Waals surface area contributed by atoms with Gasteiger partial charge >= 0.3 is 21.5 Å². The lowest BCUT2D eigenvalue weighted by Crippen LogP contribution is -2.48. The monoisotopic (exact) mass is 237 g/mol. The van der Waals surface area contributed by atoms with Crippen molar-refractivity contribution in [2.75, 3.05) is 0 Å². The fourth-order valence-electron chi connectivity index (χ4n) is 0.335. The first-order chi connectivity index (χ1) is 6.06. The third-order valence-corrected chi connectivity index (χ3v) is 2.26. The molecule has 1 N–H and O–H groups in total. The van der Waals surface area contributed by atoms with Crippen LogP contribution < -0.4 is 4.72 Å². The third kappa shape index (κ3) is 2.25. The van der Waals surface area contributed by atoms with E-state index in [-0.39, 0.29) is 0 Å². The van der Waals surface area contributed by atoms with Crippen molar-refractivity contribution < 1.29 is 30.4 Å². The van der Waals surface area contributed by atoms with Gasteiger partial charge in [-0.15, -0.1) is 0 Å². The average molecular weight is 237 g/mol. The van der Waals surface area contributed by atoms with Crippen molar-refractivity contribution >= 4 is 10.0 Å². The first-order valence-electron chi connectivity index (χ1n) is 2.94. The Morgan fingerprint density at radius 3 is 1.86 bits per heavy atom. The molecule has 0 fully saturated rings. The van der Waals surface area contributed by atoms with Crippen LogP contribution in [0.1, 0.15) is 6.92 Å². The molecule has 14 heavy (non-hydrogen) atoms. The summed E-state index contributed by atoms with van der Waals surface area (Å²) in [6.45, 7) is 1.06. The van der Waals surface area contributed by atoms with Crippen molar-refractivity contribution in [3.8, 4) is 12.0 Å². The molecular formula is C5H4F5NO2S. The van der Waals surface area contributed by atoms with Gasteiger partial charge in [-0.3, -0.25) is 0 Å². The molecule has 0 spiro atoms. The summed E-state index contributed by atoms with van der Waals surface area (Å²) in [6.07, 6.45) is -6.17. The van der Waals surface area contributed by atoms with E-state index >= 15 is 0 Å². The van der Waals surface area contributed by atoms with E-state index in [1.807, 2.05) is 0 Å². The minimum atomic E-state index is -6.17. The highest BCUT2D eigenvalue weighted by molar-refractivity contribution is 7.90. The van der Waals surface area contributed by atoms with Gasteiger partial charge in [0, 0.05) is 6.04 Å². The Bertz CT molecular complexity index is 360. The van der Waals surface area contributed by atoms with Gasteiger partial charge in [0.05, 0.1) is 0 Å². The summed E-state index contributed by atoms with van der Waals surface area (Å²) in [5.41, 5.74) is 0. The summed E-state index contributed by atoms with van der Waals surface area (Å²) in [7, 11) is -5.86. The third-order valence-electron chi connectivity index (χ3n) is 0.978. The number of rotatable bonds is 2. The molecule has 0 aliphatic carbocycles. The maximum atomic E-state index is 12.2. The first kappa shape index (κ1) is 13.0. The van der Waals surface area contributed by atoms with Crippen molar-refractivity contribution in [3.63, 3.8) is 0 Å². The number of alkyl halides is 5. The molecule has 0 rings (SSSR count). The van der Waals surface area contributed by atoms with Gasteiger partial charge in [-0.05, 0) is 6.92 Å². The maximum Gasteiger partial charge on any atom is 0.471 e. The van der Waals surface area contributed by atoms with E-state index in [2.05, 4.69) is 0 Å². The molecule has 0 radical (unpaired) electrons. The Kier molecular flexibility index (Phi) is 3.34. The van der Waals surface area contributed by atoms with Crippen molar-refractivity contribution in [2.45, 2.75) is 18.4 Å². The van der Waals surface area contributed by atoms with Gasteiger partial charge in [-0.25, -0.2) is 4.72 Å². The summed E-state index contributed by atoms with van der Waals surface area (Å²) in [5, 5.41) is -5.86. The van der Waals surface area contributed by atoms with Gasteiger partial charge in [0.2, 0.25) is 0 Å². The highest BCUT2D eigenvalue weighted by Gasteiger charge is 2.67. The summed E-state index contributed by atoms with van der Waals surface area (Å²) in [4.78, 5) is 0. The van der Waals surface area contributed by atoms with Crippen LogP contribution in [-0.2, 0) is 10.0 Å². The van der Waals surface area contributed by atoms with E-state index in [9.17, 15) is 30.4 Å². The zero-order chi connectivity index (χ0) is 11.6.